The number of carbonyl (C=O) groups is 3. The lowest BCUT2D eigenvalue weighted by atomic mass is 9.92. The molecule has 1 N–H and O–H groups in total. The molecule has 2 aromatic carbocycles. The zero-order valence-corrected chi connectivity index (χ0v) is 24.2. The standard InChI is InChI=1S/C14H16O.C13H14O2.C6H14O/c1-9(2)12-6-7-13(11(5)15)14(8-12)10(3)4;1-8(2)13-7-11(9(3)14)5-6-12(13)10(4)15;1-4-6(2,3)5-7/h6-8H,1,3H2,2,4-5H3;5-7H,1H2,2-4H3;7H,4-5H2,1-3H3. The van der Waals surface area contributed by atoms with Gasteiger partial charge in [-0.1, -0.05) is 81.5 Å². The highest BCUT2D eigenvalue weighted by atomic mass is 16.3. The van der Waals surface area contributed by atoms with Gasteiger partial charge in [-0.3, -0.25) is 14.4 Å². The van der Waals surface area contributed by atoms with Crippen molar-refractivity contribution >= 4 is 34.1 Å². The van der Waals surface area contributed by atoms with E-state index >= 15 is 0 Å². The van der Waals surface area contributed by atoms with Crippen molar-refractivity contribution in [1.82, 2.24) is 0 Å². The molecular formula is C33H44O4. The fourth-order valence-electron chi connectivity index (χ4n) is 3.00. The third-order valence-corrected chi connectivity index (χ3v) is 6.00. The van der Waals surface area contributed by atoms with Crippen molar-refractivity contribution in [1.29, 1.82) is 0 Å². The van der Waals surface area contributed by atoms with Gasteiger partial charge in [0.1, 0.15) is 0 Å². The molecule has 0 aliphatic heterocycles. The summed E-state index contributed by atoms with van der Waals surface area (Å²) in [6.45, 7) is 28.3. The van der Waals surface area contributed by atoms with Crippen LogP contribution in [-0.2, 0) is 0 Å². The van der Waals surface area contributed by atoms with Gasteiger partial charge >= 0.3 is 0 Å². The minimum Gasteiger partial charge on any atom is -0.396 e. The van der Waals surface area contributed by atoms with Gasteiger partial charge in [0.2, 0.25) is 0 Å². The normalized spacial score (nSPS) is 10.2. The van der Waals surface area contributed by atoms with Gasteiger partial charge in [0.25, 0.3) is 0 Å². The van der Waals surface area contributed by atoms with Crippen LogP contribution in [0.3, 0.4) is 0 Å². The Hall–Kier alpha value is -3.37. The van der Waals surface area contributed by atoms with E-state index in [1.807, 2.05) is 52.8 Å². The zero-order chi connectivity index (χ0) is 29.1. The summed E-state index contributed by atoms with van der Waals surface area (Å²) in [4.78, 5) is 33.9. The summed E-state index contributed by atoms with van der Waals surface area (Å²) in [5.41, 5.74) is 7.52. The summed E-state index contributed by atoms with van der Waals surface area (Å²) in [7, 11) is 0. The molecule has 0 aromatic heterocycles. The molecule has 0 aliphatic carbocycles. The van der Waals surface area contributed by atoms with Crippen molar-refractivity contribution in [3.8, 4) is 0 Å². The van der Waals surface area contributed by atoms with Gasteiger partial charge in [0.15, 0.2) is 17.3 Å². The first kappa shape index (κ1) is 33.6. The summed E-state index contributed by atoms with van der Waals surface area (Å²) in [6.07, 6.45) is 1.05. The van der Waals surface area contributed by atoms with E-state index in [1.54, 1.807) is 25.1 Å². The minimum absolute atomic E-state index is 0.00685. The van der Waals surface area contributed by atoms with Crippen molar-refractivity contribution in [2.75, 3.05) is 6.61 Å². The molecule has 0 bridgehead atoms. The summed E-state index contributed by atoms with van der Waals surface area (Å²) in [5.74, 6) is 0.0527. The van der Waals surface area contributed by atoms with E-state index in [9.17, 15) is 14.4 Å². The molecule has 0 unspecified atom stereocenters. The lowest BCUT2D eigenvalue weighted by Crippen LogP contribution is -2.14. The average Bonchev–Trinajstić information content (AvgIpc) is 2.83. The predicted molar refractivity (Wildman–Crippen MR) is 158 cm³/mol. The summed E-state index contributed by atoms with van der Waals surface area (Å²) >= 11 is 0. The quantitative estimate of drug-likeness (QED) is 0.366. The van der Waals surface area contributed by atoms with Crippen LogP contribution in [0.15, 0.2) is 56.1 Å². The SMILES string of the molecule is C=C(C)c1cc(C(C)=O)ccc1C(C)=O.C=C(C)c1ccc(C(C)=O)c(C(=C)C)c1.CCC(C)(C)CO. The smallest absolute Gasteiger partial charge is 0.160 e. The molecule has 0 heterocycles. The van der Waals surface area contributed by atoms with Crippen molar-refractivity contribution in [2.45, 2.75) is 68.7 Å². The summed E-state index contributed by atoms with van der Waals surface area (Å²) in [6, 6.07) is 10.8. The van der Waals surface area contributed by atoms with Crippen LogP contribution in [0.1, 0.15) is 116 Å². The van der Waals surface area contributed by atoms with Crippen molar-refractivity contribution in [2.24, 2.45) is 5.41 Å². The molecule has 2 aromatic rings. The monoisotopic (exact) mass is 504 g/mol. The average molecular weight is 505 g/mol. The maximum Gasteiger partial charge on any atom is 0.160 e. The lowest BCUT2D eigenvalue weighted by molar-refractivity contribution is 0.100. The first-order chi connectivity index (χ1) is 17.0. The van der Waals surface area contributed by atoms with Crippen LogP contribution in [0.2, 0.25) is 0 Å². The Balaban J connectivity index is 0.000000563. The van der Waals surface area contributed by atoms with E-state index < -0.39 is 0 Å². The predicted octanol–water partition coefficient (Wildman–Crippen LogP) is 8.50. The van der Waals surface area contributed by atoms with Crippen LogP contribution in [0.4, 0.5) is 0 Å². The van der Waals surface area contributed by atoms with E-state index in [1.165, 1.54) is 13.8 Å². The molecule has 0 radical (unpaired) electrons. The number of aliphatic hydroxyl groups excluding tert-OH is 1. The third kappa shape index (κ3) is 11.1. The third-order valence-electron chi connectivity index (χ3n) is 6.00. The van der Waals surface area contributed by atoms with E-state index in [0.29, 0.717) is 17.7 Å². The van der Waals surface area contributed by atoms with Crippen LogP contribution < -0.4 is 0 Å². The van der Waals surface area contributed by atoms with Crippen molar-refractivity contribution in [3.63, 3.8) is 0 Å². The van der Waals surface area contributed by atoms with Gasteiger partial charge in [0, 0.05) is 23.3 Å². The van der Waals surface area contributed by atoms with Crippen LogP contribution in [-0.4, -0.2) is 29.1 Å². The van der Waals surface area contributed by atoms with Gasteiger partial charge in [-0.25, -0.2) is 0 Å². The molecule has 0 saturated carbocycles. The molecule has 4 heteroatoms. The Bertz CT molecular complexity index is 1090. The van der Waals surface area contributed by atoms with Gasteiger partial charge in [-0.2, -0.15) is 0 Å². The minimum atomic E-state index is -0.0110. The highest BCUT2D eigenvalue weighted by Crippen LogP contribution is 2.23. The zero-order valence-electron chi connectivity index (χ0n) is 24.2. The molecule has 2 rings (SSSR count). The van der Waals surface area contributed by atoms with Gasteiger partial charge in [0.05, 0.1) is 0 Å². The van der Waals surface area contributed by atoms with Crippen LogP contribution in [0, 0.1) is 5.41 Å². The van der Waals surface area contributed by atoms with E-state index in [4.69, 9.17) is 5.11 Å². The molecule has 0 spiro atoms. The van der Waals surface area contributed by atoms with Gasteiger partial charge in [-0.15, -0.1) is 0 Å². The second-order valence-electron chi connectivity index (χ2n) is 10.2. The molecule has 200 valence electrons. The molecule has 4 nitrogen and oxygen atoms in total. The fraction of sp³-hybridized carbons (Fsp3) is 0.364. The first-order valence-corrected chi connectivity index (χ1v) is 12.4. The molecule has 0 saturated heterocycles. The van der Waals surface area contributed by atoms with Crippen LogP contribution in [0.25, 0.3) is 16.7 Å². The van der Waals surface area contributed by atoms with Gasteiger partial charge in [-0.05, 0) is 82.2 Å². The number of allylic oxidation sites excluding steroid dienone is 3. The highest BCUT2D eigenvalue weighted by Gasteiger charge is 2.12. The number of hydrogen-bond donors (Lipinski definition) is 1. The molecule has 0 atom stereocenters. The lowest BCUT2D eigenvalue weighted by Gasteiger charge is -2.17. The van der Waals surface area contributed by atoms with E-state index in [0.717, 1.165) is 45.4 Å². The number of ketones is 3. The largest absolute Gasteiger partial charge is 0.396 e. The topological polar surface area (TPSA) is 71.4 Å². The number of rotatable bonds is 8. The Kier molecular flexibility index (Phi) is 13.6. The maximum atomic E-state index is 11.4. The number of hydrogen-bond acceptors (Lipinski definition) is 4. The number of benzene rings is 2. The molecule has 37 heavy (non-hydrogen) atoms. The Morgan fingerprint density at radius 3 is 1.27 bits per heavy atom. The van der Waals surface area contributed by atoms with Crippen LogP contribution >= 0.6 is 0 Å². The highest BCUT2D eigenvalue weighted by molar-refractivity contribution is 6.02. The fourth-order valence-corrected chi connectivity index (χ4v) is 3.00. The number of Topliss-reactive ketones (excluding diaryl/α,β-unsaturated/α-hetero) is 3. The Morgan fingerprint density at radius 2 is 1.03 bits per heavy atom. The molecular weight excluding hydrogens is 460 g/mol. The first-order valence-electron chi connectivity index (χ1n) is 12.4. The molecule has 0 amide bonds. The second kappa shape index (κ2) is 15.0. The van der Waals surface area contributed by atoms with E-state index in [-0.39, 0.29) is 22.8 Å². The number of carbonyl (C=O) groups excluding carboxylic acids is 3. The van der Waals surface area contributed by atoms with Crippen molar-refractivity contribution < 1.29 is 19.5 Å². The van der Waals surface area contributed by atoms with Crippen LogP contribution in [0.5, 0.6) is 0 Å². The Morgan fingerprint density at radius 1 is 0.649 bits per heavy atom. The van der Waals surface area contributed by atoms with Gasteiger partial charge < -0.3 is 5.11 Å². The maximum absolute atomic E-state index is 11.4. The molecule has 0 aliphatic rings. The van der Waals surface area contributed by atoms with E-state index in [2.05, 4.69) is 26.7 Å². The summed E-state index contributed by atoms with van der Waals surface area (Å²) < 4.78 is 0. The number of aliphatic hydroxyl groups is 1. The second-order valence-corrected chi connectivity index (χ2v) is 10.2. The van der Waals surface area contributed by atoms with Crippen molar-refractivity contribution in [3.05, 3.63) is 89.5 Å². The summed E-state index contributed by atoms with van der Waals surface area (Å²) in [5, 5.41) is 8.59. The molecule has 0 fully saturated rings. The Labute approximate surface area is 223 Å².